The summed E-state index contributed by atoms with van der Waals surface area (Å²) in [6.45, 7) is 6.70. The Bertz CT molecular complexity index is 4840. The molecule has 35 nitrogen and oxygen atoms in total. The summed E-state index contributed by atoms with van der Waals surface area (Å²) in [4.78, 5) is 126. The van der Waals surface area contributed by atoms with E-state index in [-0.39, 0.29) is 57.7 Å². The van der Waals surface area contributed by atoms with Gasteiger partial charge in [0.2, 0.25) is 53.4 Å². The first kappa shape index (κ1) is 81.2. The number of fused-ring (bicyclic) bond motifs is 16. The average molecular weight is 1610 g/mol. The highest BCUT2D eigenvalue weighted by molar-refractivity contribution is 7.99. The summed E-state index contributed by atoms with van der Waals surface area (Å²) >= 11 is 15.4. The summed E-state index contributed by atoms with van der Waals surface area (Å²) in [6.07, 6.45) is -18.2. The summed E-state index contributed by atoms with van der Waals surface area (Å²) in [6, 6.07) is 4.68. The van der Waals surface area contributed by atoms with Gasteiger partial charge in [-0.05, 0) is 122 Å². The number of H-pyrrole nitrogens is 1. The topological polar surface area (TPSA) is 548 Å². The number of primary amides is 1. The Labute approximate surface area is 651 Å². The minimum Gasteiger partial charge on any atom is -0.508 e. The third-order valence-electron chi connectivity index (χ3n) is 19.6. The molecule has 0 radical (unpaired) electrons. The molecule has 2 saturated heterocycles. The zero-order valence-electron chi connectivity index (χ0n) is 60.4. The number of benzene rings is 6. The number of carboxylic acid groups (broad SMARTS) is 1. The number of aromatic nitrogens is 2. The highest BCUT2D eigenvalue weighted by Crippen LogP contribution is 2.50. The van der Waals surface area contributed by atoms with Crippen LogP contribution in [-0.4, -0.2) is 202 Å². The van der Waals surface area contributed by atoms with Gasteiger partial charge in [-0.1, -0.05) is 67.0 Å². The van der Waals surface area contributed by atoms with Gasteiger partial charge in [-0.2, -0.15) is 0 Å². The van der Waals surface area contributed by atoms with Gasteiger partial charge in [0.15, 0.2) is 35.1 Å². The summed E-state index contributed by atoms with van der Waals surface area (Å²) in [5, 5.41) is 123. The Hall–Kier alpha value is -10.3. The van der Waals surface area contributed by atoms with Crippen LogP contribution in [0.2, 0.25) is 10.0 Å². The van der Waals surface area contributed by atoms with Gasteiger partial charge in [0, 0.05) is 46.5 Å². The van der Waals surface area contributed by atoms with Crippen molar-refractivity contribution < 1.29 is 117 Å². The van der Waals surface area contributed by atoms with Gasteiger partial charge in [0.05, 0.1) is 59.0 Å². The highest BCUT2D eigenvalue weighted by Gasteiger charge is 2.52. The standard InChI is InChI=1S/C74H81Cl2N11O24S/c1-27(2)15-41(79-5)65(97)86-56-58(92)30-8-13-45(37(75)17-30)107-47-19-32-20-48(62(47)111-72-63(110-51-25-74(4,78)64(96)28(3)106-51)61(95)60(94)49(109-72)26-112-73-81-39-11-10-34(105-6)23-40(39)82-73)108-46-14-9-31(18-38(46)76)59(93)57-70(102)85-55(71(103)104)36-21-33(88)22-44(90)52(36)35-16-29(7-12-43(35)89)53(67(99)87-57)84-68(100)54(32)83-66(98)42(24-50(77)91)80-69(56)101/h7-14,16-23,27-28,41-42,49,51,53-61,63-64,72,79,88-90,92-96H,15,24-26,78H2,1-6H3,(H2,77,91)(H,80,101)(H,81,82)(H,83,98)(H,84,100)(H,85,102)(H,86,97)(H,87,99)(H,103,104)/t28?,41-,42+,49?,51?,53-,54-,55-,56-,57+,58-,59-,60?,61?,63?,64?,72?,74?/m1/s1. The van der Waals surface area contributed by atoms with Crippen LogP contribution in [0.3, 0.4) is 0 Å². The minimum absolute atomic E-state index is 0.103. The number of ether oxygens (including phenoxy) is 7. The zero-order chi connectivity index (χ0) is 80.8. The lowest BCUT2D eigenvalue weighted by atomic mass is 9.86. The van der Waals surface area contributed by atoms with E-state index in [4.69, 9.17) is 67.8 Å². The minimum atomic E-state index is -2.35. The molecule has 18 atom stereocenters. The van der Waals surface area contributed by atoms with Crippen molar-refractivity contribution in [3.63, 3.8) is 0 Å². The highest BCUT2D eigenvalue weighted by atomic mass is 35.5. The molecule has 7 aliphatic heterocycles. The van der Waals surface area contributed by atoms with Gasteiger partial charge in [0.1, 0.15) is 89.1 Å². The van der Waals surface area contributed by atoms with Gasteiger partial charge in [-0.25, -0.2) is 9.78 Å². The number of likely N-dealkylation sites (N-methyl/N-ethyl adjacent to an activating group) is 1. The number of hydrogen-bond acceptors (Lipinski definition) is 27. The second kappa shape index (κ2) is 33.2. The lowest BCUT2D eigenvalue weighted by Gasteiger charge is -2.47. The molecule has 38 heteroatoms. The number of aromatic hydroxyl groups is 3. The molecule has 0 spiro atoms. The number of halogens is 2. The Morgan fingerprint density at radius 1 is 0.732 bits per heavy atom. The van der Waals surface area contributed by atoms with Crippen LogP contribution in [-0.2, 0) is 52.6 Å². The molecule has 14 rings (SSSR count). The van der Waals surface area contributed by atoms with Crippen molar-refractivity contribution in [1.82, 2.24) is 47.2 Å². The number of carboxylic acids is 1. The van der Waals surface area contributed by atoms with Gasteiger partial charge in [-0.15, -0.1) is 0 Å². The van der Waals surface area contributed by atoms with E-state index in [0.717, 1.165) is 78.5 Å². The first-order chi connectivity index (χ1) is 53.1. The van der Waals surface area contributed by atoms with Gasteiger partial charge >= 0.3 is 5.97 Å². The van der Waals surface area contributed by atoms with Gasteiger partial charge < -0.3 is 133 Å². The number of nitrogens with zero attached hydrogens (tertiary/aromatic N) is 1. The van der Waals surface area contributed by atoms with E-state index >= 15 is 14.4 Å². The van der Waals surface area contributed by atoms with E-state index < -0.39 is 225 Å². The number of carbonyl (C=O) groups excluding carboxylic acids is 7. The maximum Gasteiger partial charge on any atom is 0.330 e. The van der Waals surface area contributed by atoms with E-state index in [2.05, 4.69) is 47.2 Å². The molecule has 9 unspecified atom stereocenters. The number of aliphatic hydroxyl groups is 5. The van der Waals surface area contributed by atoms with Crippen LogP contribution in [0, 0.1) is 5.92 Å². The summed E-state index contributed by atoms with van der Waals surface area (Å²) in [7, 11) is 2.97. The van der Waals surface area contributed by atoms with E-state index in [0.29, 0.717) is 21.9 Å². The van der Waals surface area contributed by atoms with Gasteiger partial charge in [0.25, 0.3) is 0 Å². The number of phenols is 3. The molecule has 21 N–H and O–H groups in total. The van der Waals surface area contributed by atoms with E-state index in [1.807, 2.05) is 13.8 Å². The number of thioether (sulfide) groups is 1. The molecule has 8 heterocycles. The van der Waals surface area contributed by atoms with Crippen molar-refractivity contribution in [1.29, 1.82) is 0 Å². The van der Waals surface area contributed by atoms with Crippen molar-refractivity contribution in [3.05, 3.63) is 135 Å². The fraction of sp³-hybridized carbons (Fsp3) is 0.392. The Kier molecular flexibility index (Phi) is 24.0. The second-order valence-corrected chi connectivity index (χ2v) is 30.1. The molecule has 0 saturated carbocycles. The second-order valence-electron chi connectivity index (χ2n) is 28.3. The van der Waals surface area contributed by atoms with Crippen molar-refractivity contribution in [2.24, 2.45) is 17.4 Å². The lowest BCUT2D eigenvalue weighted by Crippen LogP contribution is -2.64. The largest absolute Gasteiger partial charge is 0.508 e. The zero-order valence-corrected chi connectivity index (χ0v) is 62.7. The molecule has 112 heavy (non-hydrogen) atoms. The third-order valence-corrected chi connectivity index (χ3v) is 21.2. The van der Waals surface area contributed by atoms with Crippen LogP contribution in [0.15, 0.2) is 102 Å². The monoisotopic (exact) mass is 1610 g/mol. The summed E-state index contributed by atoms with van der Waals surface area (Å²) < 4.78 is 45.2. The number of rotatable bonds is 16. The molecule has 11 bridgehead atoms. The van der Waals surface area contributed by atoms with Crippen LogP contribution in [0.4, 0.5) is 0 Å². The number of hydrogen-bond donors (Lipinski definition) is 19. The summed E-state index contributed by atoms with van der Waals surface area (Å²) in [5.41, 5.74) is 9.33. The molecule has 2 fully saturated rings. The number of aliphatic carboxylic acids is 1. The number of nitrogens with two attached hydrogens (primary N) is 2. The Balaban J connectivity index is 1.09. The number of imidazole rings is 1. The number of nitrogens with one attached hydrogen (secondary N) is 8. The fourth-order valence-corrected chi connectivity index (χ4v) is 15.2. The maximum absolute atomic E-state index is 16.2. The van der Waals surface area contributed by atoms with E-state index in [1.165, 1.54) is 40.1 Å². The number of methoxy groups -OCH3 is 1. The predicted octanol–water partition coefficient (Wildman–Crippen LogP) is 2.79. The predicted molar refractivity (Wildman–Crippen MR) is 396 cm³/mol. The Morgan fingerprint density at radius 2 is 1.38 bits per heavy atom. The van der Waals surface area contributed by atoms with Crippen molar-refractivity contribution in [2.75, 3.05) is 19.9 Å². The van der Waals surface area contributed by atoms with Gasteiger partial charge in [-0.3, -0.25) is 33.6 Å². The van der Waals surface area contributed by atoms with Crippen molar-refractivity contribution in [2.45, 2.75) is 161 Å². The molecule has 596 valence electrons. The number of amides is 7. The third kappa shape index (κ3) is 17.2. The molecule has 7 amide bonds. The summed E-state index contributed by atoms with van der Waals surface area (Å²) in [5.74, 6) is -15.5. The quantitative estimate of drug-likeness (QED) is 0.0618. The lowest BCUT2D eigenvalue weighted by molar-refractivity contribution is -0.329. The van der Waals surface area contributed by atoms with Crippen LogP contribution < -0.4 is 67.6 Å². The molecule has 0 aliphatic carbocycles. The molecule has 7 aromatic rings. The molecule has 6 aromatic carbocycles. The molecular formula is C74H81Cl2N11O24S. The number of phenolic OH excluding ortho intramolecular Hbond substituents is 3. The number of aliphatic hydroxyl groups excluding tert-OH is 5. The van der Waals surface area contributed by atoms with Crippen LogP contribution in [0.1, 0.15) is 105 Å². The molecule has 1 aromatic heterocycles. The first-order valence-electron chi connectivity index (χ1n) is 35.1. The van der Waals surface area contributed by atoms with E-state index in [9.17, 15) is 69.9 Å². The van der Waals surface area contributed by atoms with Crippen LogP contribution in [0.5, 0.6) is 51.7 Å². The van der Waals surface area contributed by atoms with Crippen LogP contribution >= 0.6 is 35.0 Å². The fourth-order valence-electron chi connectivity index (χ4n) is 13.8. The van der Waals surface area contributed by atoms with E-state index in [1.54, 1.807) is 18.2 Å². The molecule has 7 aliphatic rings. The number of carbonyl (C=O) groups is 8. The van der Waals surface area contributed by atoms with Crippen molar-refractivity contribution in [3.8, 4) is 62.9 Å². The van der Waals surface area contributed by atoms with Crippen LogP contribution in [0.25, 0.3) is 22.2 Å². The SMILES string of the molecule is CN[C@H](CC(C)C)C(=O)N[C@H]1C(=O)N[C@@H](CC(N)=O)C(=O)N[C@H]2C(=O)N[C@H]3C(=O)N[C@H](C(=O)N[C@@H](C(=O)O)c4cc(O)cc(O)c4-c4cc3ccc4O)[C@H](O)c3ccc(c(Cl)c3)Oc3cc2cc(c3OC2OC(CSc3nc4cc(OC)ccc4[nH]3)C(O)C(O)C2OC2CC(C)(N)C(O)C(C)O2)Oc2ccc(cc2Cl)[C@H]1O. The maximum atomic E-state index is 16.2. The number of aromatic amines is 1. The molecular weight excluding hydrogens is 1530 g/mol. The normalized spacial score (nSPS) is 27.7. The average Bonchev–Trinajstić information content (AvgIpc) is 0.907. The Morgan fingerprint density at radius 3 is 2.00 bits per heavy atom. The smallest absolute Gasteiger partial charge is 0.330 e. The first-order valence-corrected chi connectivity index (χ1v) is 36.8. The van der Waals surface area contributed by atoms with Crippen molar-refractivity contribution >= 4 is 93.3 Å².